The summed E-state index contributed by atoms with van der Waals surface area (Å²) in [6, 6.07) is 11.6. The first-order valence-corrected chi connectivity index (χ1v) is 11.5. The Hall–Kier alpha value is -2.10. The minimum absolute atomic E-state index is 0.158. The summed E-state index contributed by atoms with van der Waals surface area (Å²) in [5.41, 5.74) is 0.485. The lowest BCUT2D eigenvalue weighted by Crippen LogP contribution is -2.50. The molecular formula is C20H23BrN2O5S. The van der Waals surface area contributed by atoms with Gasteiger partial charge < -0.3 is 14.4 Å². The van der Waals surface area contributed by atoms with E-state index in [1.165, 1.54) is 4.31 Å². The maximum absolute atomic E-state index is 12.9. The van der Waals surface area contributed by atoms with Gasteiger partial charge in [-0.3, -0.25) is 4.79 Å². The number of piperazine rings is 1. The quantitative estimate of drug-likeness (QED) is 0.632. The maximum atomic E-state index is 12.9. The predicted octanol–water partition coefficient (Wildman–Crippen LogP) is 3.00. The standard InChI is InChI=1S/C20H23BrN2O5S/c1-3-28-19-14-15(4-9-18(19)27-2)20(24)22-10-12-23(13-11-22)29(25,26)17-7-5-16(21)6-8-17/h4-9,14H,3,10-13H2,1-2H3. The van der Waals surface area contributed by atoms with E-state index in [1.54, 1.807) is 54.5 Å². The first-order valence-electron chi connectivity index (χ1n) is 9.22. The SMILES string of the molecule is CCOc1cc(C(=O)N2CCN(S(=O)(=O)c3ccc(Br)cc3)CC2)ccc1OC. The third-order valence-corrected chi connectivity index (χ3v) is 7.13. The number of hydrogen-bond acceptors (Lipinski definition) is 5. The Bertz CT molecular complexity index is 971. The third kappa shape index (κ3) is 4.73. The Kier molecular flexibility index (Phi) is 6.81. The number of carbonyl (C=O) groups is 1. The van der Waals surface area contributed by atoms with E-state index in [4.69, 9.17) is 9.47 Å². The van der Waals surface area contributed by atoms with Crippen molar-refractivity contribution < 1.29 is 22.7 Å². The number of hydrogen-bond donors (Lipinski definition) is 0. The Balaban J connectivity index is 1.69. The van der Waals surface area contributed by atoms with Gasteiger partial charge in [-0.1, -0.05) is 15.9 Å². The molecule has 0 saturated carbocycles. The van der Waals surface area contributed by atoms with Crippen LogP contribution < -0.4 is 9.47 Å². The molecule has 1 aliphatic rings. The fraction of sp³-hybridized carbons (Fsp3) is 0.350. The number of ether oxygens (including phenoxy) is 2. The van der Waals surface area contributed by atoms with E-state index >= 15 is 0 Å². The van der Waals surface area contributed by atoms with E-state index in [2.05, 4.69) is 15.9 Å². The summed E-state index contributed by atoms with van der Waals surface area (Å²) in [6.45, 7) is 3.46. The van der Waals surface area contributed by atoms with Crippen molar-refractivity contribution in [3.05, 3.63) is 52.5 Å². The summed E-state index contributed by atoms with van der Waals surface area (Å²) >= 11 is 3.31. The topological polar surface area (TPSA) is 76.2 Å². The number of sulfonamides is 1. The minimum Gasteiger partial charge on any atom is -0.493 e. The molecule has 2 aromatic rings. The first-order chi connectivity index (χ1) is 13.9. The van der Waals surface area contributed by atoms with E-state index < -0.39 is 10.0 Å². The van der Waals surface area contributed by atoms with Gasteiger partial charge in [0.05, 0.1) is 18.6 Å². The van der Waals surface area contributed by atoms with Crippen molar-refractivity contribution in [2.75, 3.05) is 39.9 Å². The molecule has 2 aromatic carbocycles. The highest BCUT2D eigenvalue weighted by Crippen LogP contribution is 2.29. The van der Waals surface area contributed by atoms with Crippen LogP contribution >= 0.6 is 15.9 Å². The largest absolute Gasteiger partial charge is 0.493 e. The fourth-order valence-electron chi connectivity index (χ4n) is 3.15. The molecule has 3 rings (SSSR count). The maximum Gasteiger partial charge on any atom is 0.254 e. The number of halogens is 1. The molecule has 29 heavy (non-hydrogen) atoms. The lowest BCUT2D eigenvalue weighted by molar-refractivity contribution is 0.0697. The summed E-state index contributed by atoms with van der Waals surface area (Å²) in [7, 11) is -2.03. The smallest absolute Gasteiger partial charge is 0.254 e. The minimum atomic E-state index is -3.58. The van der Waals surface area contributed by atoms with Crippen molar-refractivity contribution in [1.82, 2.24) is 9.21 Å². The van der Waals surface area contributed by atoms with E-state index in [1.807, 2.05) is 6.92 Å². The average Bonchev–Trinajstić information content (AvgIpc) is 2.74. The zero-order chi connectivity index (χ0) is 21.0. The molecule has 1 fully saturated rings. The number of benzene rings is 2. The summed E-state index contributed by atoms with van der Waals surface area (Å²) in [5.74, 6) is 0.917. The van der Waals surface area contributed by atoms with Crippen LogP contribution in [-0.4, -0.2) is 63.4 Å². The molecule has 0 bridgehead atoms. The first kappa shape index (κ1) is 21.6. The van der Waals surface area contributed by atoms with Crippen molar-refractivity contribution in [1.29, 1.82) is 0 Å². The normalized spacial score (nSPS) is 15.2. The number of rotatable bonds is 6. The lowest BCUT2D eigenvalue weighted by atomic mass is 10.1. The van der Waals surface area contributed by atoms with Crippen LogP contribution in [0.5, 0.6) is 11.5 Å². The number of methoxy groups -OCH3 is 1. The summed E-state index contributed by atoms with van der Waals surface area (Å²) < 4.78 is 38.6. The van der Waals surface area contributed by atoms with Crippen LogP contribution in [0.25, 0.3) is 0 Å². The molecule has 0 atom stereocenters. The molecule has 1 aliphatic heterocycles. The Labute approximate surface area is 179 Å². The van der Waals surface area contributed by atoms with Crippen LogP contribution in [0.4, 0.5) is 0 Å². The molecule has 1 amide bonds. The van der Waals surface area contributed by atoms with E-state index in [0.717, 1.165) is 4.47 Å². The molecule has 0 N–H and O–H groups in total. The molecule has 0 spiro atoms. The van der Waals surface area contributed by atoms with Gasteiger partial charge in [-0.05, 0) is 49.4 Å². The van der Waals surface area contributed by atoms with Gasteiger partial charge in [0.15, 0.2) is 11.5 Å². The van der Waals surface area contributed by atoms with Crippen LogP contribution in [0.1, 0.15) is 17.3 Å². The molecule has 0 radical (unpaired) electrons. The van der Waals surface area contributed by atoms with Crippen molar-refractivity contribution in [3.63, 3.8) is 0 Å². The van der Waals surface area contributed by atoms with Gasteiger partial charge >= 0.3 is 0 Å². The molecular weight excluding hydrogens is 460 g/mol. The number of carbonyl (C=O) groups excluding carboxylic acids is 1. The highest BCUT2D eigenvalue weighted by molar-refractivity contribution is 9.10. The third-order valence-electron chi connectivity index (χ3n) is 4.69. The van der Waals surface area contributed by atoms with Gasteiger partial charge in [0.1, 0.15) is 0 Å². The summed E-state index contributed by atoms with van der Waals surface area (Å²) in [4.78, 5) is 14.8. The molecule has 1 heterocycles. The second-order valence-electron chi connectivity index (χ2n) is 6.45. The van der Waals surface area contributed by atoms with Gasteiger partial charge in [0.2, 0.25) is 10.0 Å². The average molecular weight is 483 g/mol. The Morgan fingerprint density at radius 3 is 2.28 bits per heavy atom. The van der Waals surface area contributed by atoms with Crippen molar-refractivity contribution >= 4 is 31.9 Å². The Morgan fingerprint density at radius 2 is 1.69 bits per heavy atom. The van der Waals surface area contributed by atoms with Gasteiger partial charge in [0, 0.05) is 36.2 Å². The summed E-state index contributed by atoms with van der Waals surface area (Å²) in [6.07, 6.45) is 0. The summed E-state index contributed by atoms with van der Waals surface area (Å²) in [5, 5.41) is 0. The van der Waals surface area contributed by atoms with Crippen LogP contribution in [0, 0.1) is 0 Å². The molecule has 9 heteroatoms. The number of nitrogens with zero attached hydrogens (tertiary/aromatic N) is 2. The van der Waals surface area contributed by atoms with Crippen molar-refractivity contribution in [2.45, 2.75) is 11.8 Å². The molecule has 7 nitrogen and oxygen atoms in total. The highest BCUT2D eigenvalue weighted by atomic mass is 79.9. The number of amides is 1. The zero-order valence-electron chi connectivity index (χ0n) is 16.3. The molecule has 1 saturated heterocycles. The monoisotopic (exact) mass is 482 g/mol. The van der Waals surface area contributed by atoms with Crippen molar-refractivity contribution in [2.24, 2.45) is 0 Å². The van der Waals surface area contributed by atoms with Gasteiger partial charge in [0.25, 0.3) is 5.91 Å². The second-order valence-corrected chi connectivity index (χ2v) is 9.30. The van der Waals surface area contributed by atoms with E-state index in [-0.39, 0.29) is 23.9 Å². The molecule has 156 valence electrons. The van der Waals surface area contributed by atoms with E-state index in [9.17, 15) is 13.2 Å². The van der Waals surface area contributed by atoms with Gasteiger partial charge in [-0.25, -0.2) is 8.42 Å². The van der Waals surface area contributed by atoms with Gasteiger partial charge in [-0.2, -0.15) is 4.31 Å². The fourth-order valence-corrected chi connectivity index (χ4v) is 4.83. The second kappa shape index (κ2) is 9.15. The molecule has 0 aliphatic carbocycles. The lowest BCUT2D eigenvalue weighted by Gasteiger charge is -2.34. The van der Waals surface area contributed by atoms with Gasteiger partial charge in [-0.15, -0.1) is 0 Å². The Morgan fingerprint density at radius 1 is 1.03 bits per heavy atom. The molecule has 0 aromatic heterocycles. The van der Waals surface area contributed by atoms with Crippen molar-refractivity contribution in [3.8, 4) is 11.5 Å². The van der Waals surface area contributed by atoms with E-state index in [0.29, 0.717) is 36.8 Å². The zero-order valence-corrected chi connectivity index (χ0v) is 18.7. The van der Waals surface area contributed by atoms with Crippen LogP contribution in [0.2, 0.25) is 0 Å². The van der Waals surface area contributed by atoms with Crippen LogP contribution in [0.15, 0.2) is 51.8 Å². The van der Waals surface area contributed by atoms with Crippen LogP contribution in [0.3, 0.4) is 0 Å². The van der Waals surface area contributed by atoms with Crippen LogP contribution in [-0.2, 0) is 10.0 Å². The molecule has 0 unspecified atom stereocenters. The highest BCUT2D eigenvalue weighted by Gasteiger charge is 2.30. The predicted molar refractivity (Wildman–Crippen MR) is 113 cm³/mol.